The highest BCUT2D eigenvalue weighted by atomic mass is 35.5. The second-order valence-corrected chi connectivity index (χ2v) is 3.07. The Bertz CT molecular complexity index is 346. The third-order valence-corrected chi connectivity index (χ3v) is 1.91. The fourth-order valence-electron chi connectivity index (χ4n) is 1.01. The lowest BCUT2D eigenvalue weighted by molar-refractivity contribution is 0.585. The van der Waals surface area contributed by atoms with Gasteiger partial charge in [-0.2, -0.15) is 5.26 Å². The average molecular weight is 199 g/mol. The summed E-state index contributed by atoms with van der Waals surface area (Å²) < 4.78 is 13.2. The van der Waals surface area contributed by atoms with E-state index in [1.165, 1.54) is 12.1 Å². The van der Waals surface area contributed by atoms with Crippen LogP contribution in [0.25, 0.3) is 0 Å². The Morgan fingerprint density at radius 3 is 2.85 bits per heavy atom. The number of nitrogens with zero attached hydrogens (tertiary/aromatic N) is 1. The molecule has 2 nitrogen and oxygen atoms in total. The summed E-state index contributed by atoms with van der Waals surface area (Å²) >= 11 is 5.55. The van der Waals surface area contributed by atoms with Gasteiger partial charge in [0.05, 0.1) is 12.5 Å². The first-order valence-corrected chi connectivity index (χ1v) is 4.10. The molecule has 0 radical (unpaired) electrons. The van der Waals surface area contributed by atoms with E-state index >= 15 is 0 Å². The van der Waals surface area contributed by atoms with Crippen LogP contribution in [0.1, 0.15) is 18.0 Å². The number of halogens is 2. The Morgan fingerprint density at radius 1 is 1.62 bits per heavy atom. The van der Waals surface area contributed by atoms with Gasteiger partial charge in [0, 0.05) is 16.6 Å². The van der Waals surface area contributed by atoms with Crippen molar-refractivity contribution in [1.82, 2.24) is 0 Å². The van der Waals surface area contributed by atoms with Gasteiger partial charge < -0.3 is 5.73 Å². The van der Waals surface area contributed by atoms with E-state index in [-0.39, 0.29) is 6.42 Å². The molecule has 0 aliphatic heterocycles. The third kappa shape index (κ3) is 2.41. The molecule has 68 valence electrons. The summed E-state index contributed by atoms with van der Waals surface area (Å²) in [6.07, 6.45) is 0.0958. The quantitative estimate of drug-likeness (QED) is 0.793. The summed E-state index contributed by atoms with van der Waals surface area (Å²) in [5.41, 5.74) is 5.88. The lowest BCUT2D eigenvalue weighted by Gasteiger charge is -2.08. The van der Waals surface area contributed by atoms with Gasteiger partial charge in [0.25, 0.3) is 0 Å². The molecule has 4 heteroatoms. The van der Waals surface area contributed by atoms with Crippen molar-refractivity contribution in [2.75, 3.05) is 0 Å². The van der Waals surface area contributed by atoms with Crippen molar-refractivity contribution in [3.8, 4) is 6.07 Å². The molecule has 0 saturated carbocycles. The lowest BCUT2D eigenvalue weighted by Crippen LogP contribution is -2.11. The smallest absolute Gasteiger partial charge is 0.129 e. The van der Waals surface area contributed by atoms with E-state index < -0.39 is 11.9 Å². The molecule has 0 bridgehead atoms. The first-order valence-electron chi connectivity index (χ1n) is 3.72. The molecule has 2 N–H and O–H groups in total. The van der Waals surface area contributed by atoms with E-state index in [0.29, 0.717) is 10.6 Å². The topological polar surface area (TPSA) is 49.8 Å². The molecule has 0 aliphatic carbocycles. The van der Waals surface area contributed by atoms with Gasteiger partial charge in [0.15, 0.2) is 0 Å². The van der Waals surface area contributed by atoms with Crippen LogP contribution in [0.4, 0.5) is 4.39 Å². The summed E-state index contributed by atoms with van der Waals surface area (Å²) in [6, 6.07) is 5.54. The summed E-state index contributed by atoms with van der Waals surface area (Å²) in [7, 11) is 0. The molecule has 0 amide bonds. The maximum absolute atomic E-state index is 13.2. The van der Waals surface area contributed by atoms with Gasteiger partial charge in [-0.25, -0.2) is 4.39 Å². The zero-order valence-electron chi connectivity index (χ0n) is 6.80. The Kier molecular flexibility index (Phi) is 3.24. The van der Waals surface area contributed by atoms with Crippen molar-refractivity contribution in [3.05, 3.63) is 34.6 Å². The van der Waals surface area contributed by atoms with E-state index in [2.05, 4.69) is 0 Å². The second-order valence-electron chi connectivity index (χ2n) is 2.63. The summed E-state index contributed by atoms with van der Waals surface area (Å²) in [5.74, 6) is -0.463. The predicted octanol–water partition coefficient (Wildman–Crippen LogP) is 2.39. The molecule has 0 fully saturated rings. The molecule has 13 heavy (non-hydrogen) atoms. The average Bonchev–Trinajstić information content (AvgIpc) is 2.04. The fourth-order valence-corrected chi connectivity index (χ4v) is 1.17. The first kappa shape index (κ1) is 9.97. The number of benzene rings is 1. The van der Waals surface area contributed by atoms with Crippen molar-refractivity contribution in [3.63, 3.8) is 0 Å². The maximum Gasteiger partial charge on any atom is 0.129 e. The Morgan fingerprint density at radius 2 is 2.31 bits per heavy atom. The van der Waals surface area contributed by atoms with Gasteiger partial charge in [-0.05, 0) is 12.1 Å². The van der Waals surface area contributed by atoms with Crippen LogP contribution in [0.2, 0.25) is 5.02 Å². The molecule has 1 aromatic rings. The van der Waals surface area contributed by atoms with Gasteiger partial charge in [0.1, 0.15) is 5.82 Å². The summed E-state index contributed by atoms with van der Waals surface area (Å²) in [6.45, 7) is 0. The van der Waals surface area contributed by atoms with Crippen molar-refractivity contribution in [1.29, 1.82) is 5.26 Å². The maximum atomic E-state index is 13.2. The van der Waals surface area contributed by atoms with Crippen molar-refractivity contribution < 1.29 is 4.39 Å². The highest BCUT2D eigenvalue weighted by molar-refractivity contribution is 6.30. The minimum Gasteiger partial charge on any atom is -0.323 e. The number of hydrogen-bond acceptors (Lipinski definition) is 2. The van der Waals surface area contributed by atoms with E-state index in [1.807, 2.05) is 6.07 Å². The van der Waals surface area contributed by atoms with Crippen LogP contribution >= 0.6 is 11.6 Å². The van der Waals surface area contributed by atoms with E-state index in [1.54, 1.807) is 6.07 Å². The van der Waals surface area contributed by atoms with Gasteiger partial charge in [-0.3, -0.25) is 0 Å². The highest BCUT2D eigenvalue weighted by Crippen LogP contribution is 2.20. The molecule has 0 spiro atoms. The number of nitriles is 1. The largest absolute Gasteiger partial charge is 0.323 e. The predicted molar refractivity (Wildman–Crippen MR) is 48.6 cm³/mol. The Balaban J connectivity index is 2.96. The van der Waals surface area contributed by atoms with Crippen LogP contribution < -0.4 is 5.73 Å². The molecular weight excluding hydrogens is 191 g/mol. The fraction of sp³-hybridized carbons (Fsp3) is 0.222. The summed E-state index contributed by atoms with van der Waals surface area (Å²) in [4.78, 5) is 0. The van der Waals surface area contributed by atoms with E-state index in [4.69, 9.17) is 22.6 Å². The molecule has 1 atom stereocenters. The van der Waals surface area contributed by atoms with Gasteiger partial charge in [-0.1, -0.05) is 17.7 Å². The highest BCUT2D eigenvalue weighted by Gasteiger charge is 2.10. The SMILES string of the molecule is N#CC[C@H](N)c1ccc(Cl)cc1F. The monoisotopic (exact) mass is 198 g/mol. The molecule has 1 aromatic carbocycles. The van der Waals surface area contributed by atoms with Crippen LogP contribution in [-0.2, 0) is 0 Å². The van der Waals surface area contributed by atoms with Crippen LogP contribution in [0.5, 0.6) is 0 Å². The van der Waals surface area contributed by atoms with Crippen LogP contribution in [0, 0.1) is 17.1 Å². The summed E-state index contributed by atoms with van der Waals surface area (Å²) in [5, 5.41) is 8.69. The first-order chi connectivity index (χ1) is 6.15. The molecular formula is C9H8ClFN2. The van der Waals surface area contributed by atoms with Crippen LogP contribution in [0.15, 0.2) is 18.2 Å². The van der Waals surface area contributed by atoms with Crippen molar-refractivity contribution in [2.45, 2.75) is 12.5 Å². The van der Waals surface area contributed by atoms with Crippen molar-refractivity contribution in [2.24, 2.45) is 5.73 Å². The number of nitrogens with two attached hydrogens (primary N) is 1. The molecule has 0 heterocycles. The zero-order valence-corrected chi connectivity index (χ0v) is 7.55. The Labute approximate surface area is 80.7 Å². The minimum atomic E-state index is -0.581. The molecule has 1 rings (SSSR count). The van der Waals surface area contributed by atoms with Crippen LogP contribution in [0.3, 0.4) is 0 Å². The lowest BCUT2D eigenvalue weighted by atomic mass is 10.1. The number of hydrogen-bond donors (Lipinski definition) is 1. The van der Waals surface area contributed by atoms with Crippen LogP contribution in [-0.4, -0.2) is 0 Å². The second kappa shape index (κ2) is 4.22. The molecule has 0 aromatic heterocycles. The van der Waals surface area contributed by atoms with Crippen molar-refractivity contribution >= 4 is 11.6 Å². The number of rotatable bonds is 2. The molecule has 0 saturated heterocycles. The minimum absolute atomic E-state index is 0.0958. The van der Waals surface area contributed by atoms with Gasteiger partial charge in [-0.15, -0.1) is 0 Å². The molecule has 0 unspecified atom stereocenters. The normalized spacial score (nSPS) is 12.2. The van der Waals surface area contributed by atoms with E-state index in [0.717, 1.165) is 0 Å². The Hall–Kier alpha value is -1.11. The van der Waals surface area contributed by atoms with E-state index in [9.17, 15) is 4.39 Å². The molecule has 0 aliphatic rings. The standard InChI is InChI=1S/C9H8ClFN2/c10-6-1-2-7(8(11)5-6)9(13)3-4-12/h1-2,5,9H,3,13H2/t9-/m0/s1. The third-order valence-electron chi connectivity index (χ3n) is 1.67. The van der Waals surface area contributed by atoms with Gasteiger partial charge >= 0.3 is 0 Å². The zero-order chi connectivity index (χ0) is 9.84. The van der Waals surface area contributed by atoms with Gasteiger partial charge in [0.2, 0.25) is 0 Å².